The minimum Gasteiger partial charge on any atom is -0.486 e. The lowest BCUT2D eigenvalue weighted by Crippen LogP contribution is -2.58. The van der Waals surface area contributed by atoms with E-state index in [9.17, 15) is 9.59 Å². The zero-order valence-corrected chi connectivity index (χ0v) is 16.5. The van der Waals surface area contributed by atoms with Gasteiger partial charge < -0.3 is 24.6 Å². The van der Waals surface area contributed by atoms with Gasteiger partial charge in [0.25, 0.3) is 0 Å². The molecule has 148 valence electrons. The highest BCUT2D eigenvalue weighted by atomic mass is 35.5. The lowest BCUT2D eigenvalue weighted by molar-refractivity contribution is -0.142. The smallest absolute Gasteiger partial charge is 0.239 e. The molecule has 0 saturated carbocycles. The summed E-state index contributed by atoms with van der Waals surface area (Å²) < 4.78 is 11.1. The van der Waals surface area contributed by atoms with E-state index in [1.165, 1.54) is 0 Å². The molecule has 2 fully saturated rings. The first-order valence-electron chi connectivity index (χ1n) is 9.31. The molecule has 1 aromatic rings. The maximum absolute atomic E-state index is 13.0. The first-order valence-corrected chi connectivity index (χ1v) is 9.31. The van der Waals surface area contributed by atoms with Gasteiger partial charge in [0.15, 0.2) is 11.5 Å². The van der Waals surface area contributed by atoms with E-state index in [1.54, 1.807) is 4.90 Å². The SMILES string of the molecule is CC1NCCN(C(=O)C2CCN(c3ccc4c(c3)OCCO4)C2=O)C1C.Cl. The van der Waals surface area contributed by atoms with Crippen LogP contribution in [-0.2, 0) is 9.59 Å². The Kier molecular flexibility index (Phi) is 5.81. The summed E-state index contributed by atoms with van der Waals surface area (Å²) in [4.78, 5) is 29.5. The third-order valence-corrected chi connectivity index (χ3v) is 5.66. The number of anilines is 1. The van der Waals surface area contributed by atoms with Gasteiger partial charge in [0, 0.05) is 43.5 Å². The summed E-state index contributed by atoms with van der Waals surface area (Å²) >= 11 is 0. The third kappa shape index (κ3) is 3.58. The topological polar surface area (TPSA) is 71.1 Å². The monoisotopic (exact) mass is 395 g/mol. The van der Waals surface area contributed by atoms with Crippen molar-refractivity contribution in [3.63, 3.8) is 0 Å². The lowest BCUT2D eigenvalue weighted by Gasteiger charge is -2.39. The molecule has 2 saturated heterocycles. The van der Waals surface area contributed by atoms with Gasteiger partial charge in [-0.15, -0.1) is 12.4 Å². The van der Waals surface area contributed by atoms with E-state index in [-0.39, 0.29) is 36.3 Å². The number of amides is 2. The Labute approximate surface area is 165 Å². The van der Waals surface area contributed by atoms with Gasteiger partial charge in [-0.1, -0.05) is 0 Å². The number of nitrogens with zero attached hydrogens (tertiary/aromatic N) is 2. The summed E-state index contributed by atoms with van der Waals surface area (Å²) in [6, 6.07) is 5.83. The van der Waals surface area contributed by atoms with Crippen LogP contribution in [0.3, 0.4) is 0 Å². The molecular weight excluding hydrogens is 370 g/mol. The zero-order chi connectivity index (χ0) is 18.3. The summed E-state index contributed by atoms with van der Waals surface area (Å²) in [6.07, 6.45) is 0.553. The van der Waals surface area contributed by atoms with E-state index >= 15 is 0 Å². The maximum atomic E-state index is 13.0. The summed E-state index contributed by atoms with van der Waals surface area (Å²) in [5, 5.41) is 3.37. The van der Waals surface area contributed by atoms with E-state index in [1.807, 2.05) is 30.0 Å². The van der Waals surface area contributed by atoms with Crippen LogP contribution in [-0.4, -0.2) is 61.6 Å². The number of hydrogen-bond acceptors (Lipinski definition) is 5. The fourth-order valence-corrected chi connectivity index (χ4v) is 3.93. The Bertz CT molecular complexity index is 729. The van der Waals surface area contributed by atoms with Crippen LogP contribution in [0, 0.1) is 5.92 Å². The molecule has 0 bridgehead atoms. The highest BCUT2D eigenvalue weighted by molar-refractivity contribution is 6.09. The van der Waals surface area contributed by atoms with E-state index in [0.717, 1.165) is 12.2 Å². The highest BCUT2D eigenvalue weighted by Crippen LogP contribution is 2.36. The predicted octanol–water partition coefficient (Wildman–Crippen LogP) is 1.44. The quantitative estimate of drug-likeness (QED) is 0.767. The Morgan fingerprint density at radius 1 is 1.15 bits per heavy atom. The Hall–Kier alpha value is -1.99. The van der Waals surface area contributed by atoms with Gasteiger partial charge in [-0.3, -0.25) is 9.59 Å². The van der Waals surface area contributed by atoms with Crippen molar-refractivity contribution < 1.29 is 19.1 Å². The van der Waals surface area contributed by atoms with Crippen LogP contribution < -0.4 is 19.7 Å². The third-order valence-electron chi connectivity index (χ3n) is 5.66. The number of halogens is 1. The van der Waals surface area contributed by atoms with Gasteiger partial charge in [-0.05, 0) is 32.4 Å². The number of benzene rings is 1. The molecule has 3 heterocycles. The maximum Gasteiger partial charge on any atom is 0.239 e. The van der Waals surface area contributed by atoms with Gasteiger partial charge in [-0.25, -0.2) is 0 Å². The number of nitrogens with one attached hydrogen (secondary N) is 1. The number of carbonyl (C=O) groups is 2. The molecule has 4 rings (SSSR count). The van der Waals surface area contributed by atoms with Crippen LogP contribution in [0.1, 0.15) is 20.3 Å². The molecule has 3 atom stereocenters. The standard InChI is InChI=1S/C19H25N3O4.ClH/c1-12-13(2)21(8-6-20-12)18(23)15-5-7-22(19(15)24)14-3-4-16-17(11-14)26-10-9-25-16;/h3-4,11-13,15,20H,5-10H2,1-2H3;1H. The second-order valence-electron chi connectivity index (χ2n) is 7.17. The number of ether oxygens (including phenoxy) is 2. The number of piperazine rings is 1. The summed E-state index contributed by atoms with van der Waals surface area (Å²) in [7, 11) is 0. The minimum atomic E-state index is -0.587. The van der Waals surface area contributed by atoms with Crippen molar-refractivity contribution in [1.29, 1.82) is 0 Å². The van der Waals surface area contributed by atoms with Crippen LogP contribution in [0.25, 0.3) is 0 Å². The first kappa shape index (κ1) is 19.8. The van der Waals surface area contributed by atoms with Gasteiger partial charge in [0.2, 0.25) is 11.8 Å². The normalized spacial score (nSPS) is 27.3. The second kappa shape index (κ2) is 7.94. The number of carbonyl (C=O) groups excluding carboxylic acids is 2. The van der Waals surface area contributed by atoms with Crippen LogP contribution in [0.15, 0.2) is 18.2 Å². The van der Waals surface area contributed by atoms with Crippen LogP contribution in [0.4, 0.5) is 5.69 Å². The van der Waals surface area contributed by atoms with Crippen molar-refractivity contribution in [2.75, 3.05) is 37.7 Å². The molecule has 0 spiro atoms. The van der Waals surface area contributed by atoms with Crippen molar-refractivity contribution in [1.82, 2.24) is 10.2 Å². The van der Waals surface area contributed by atoms with Gasteiger partial charge in [0.05, 0.1) is 0 Å². The van der Waals surface area contributed by atoms with Gasteiger partial charge in [0.1, 0.15) is 19.1 Å². The van der Waals surface area contributed by atoms with Crippen molar-refractivity contribution in [2.24, 2.45) is 5.92 Å². The molecule has 8 heteroatoms. The summed E-state index contributed by atoms with van der Waals surface area (Å²) in [6.45, 7) is 7.11. The minimum absolute atomic E-state index is 0. The lowest BCUT2D eigenvalue weighted by atomic mass is 10.0. The molecule has 0 aromatic heterocycles. The Balaban J connectivity index is 0.00000210. The summed E-state index contributed by atoms with van der Waals surface area (Å²) in [5.41, 5.74) is 0.760. The van der Waals surface area contributed by atoms with Gasteiger partial charge in [-0.2, -0.15) is 0 Å². The van der Waals surface area contributed by atoms with E-state index in [2.05, 4.69) is 12.2 Å². The molecule has 3 unspecified atom stereocenters. The number of hydrogen-bond donors (Lipinski definition) is 1. The highest BCUT2D eigenvalue weighted by Gasteiger charge is 2.42. The van der Waals surface area contributed by atoms with E-state index in [4.69, 9.17) is 9.47 Å². The van der Waals surface area contributed by atoms with Crippen molar-refractivity contribution in [3.8, 4) is 11.5 Å². The van der Waals surface area contributed by atoms with E-state index in [0.29, 0.717) is 44.2 Å². The first-order chi connectivity index (χ1) is 12.6. The van der Waals surface area contributed by atoms with E-state index < -0.39 is 5.92 Å². The van der Waals surface area contributed by atoms with Crippen molar-refractivity contribution in [2.45, 2.75) is 32.4 Å². The molecule has 1 N–H and O–H groups in total. The van der Waals surface area contributed by atoms with Crippen LogP contribution >= 0.6 is 12.4 Å². The summed E-state index contributed by atoms with van der Waals surface area (Å²) in [5.74, 6) is 0.598. The predicted molar refractivity (Wildman–Crippen MR) is 104 cm³/mol. The van der Waals surface area contributed by atoms with Gasteiger partial charge >= 0.3 is 0 Å². The van der Waals surface area contributed by atoms with Crippen LogP contribution in [0.5, 0.6) is 11.5 Å². The fraction of sp³-hybridized carbons (Fsp3) is 0.579. The van der Waals surface area contributed by atoms with Crippen LogP contribution in [0.2, 0.25) is 0 Å². The number of fused-ring (bicyclic) bond motifs is 1. The molecule has 1 aromatic carbocycles. The largest absolute Gasteiger partial charge is 0.486 e. The average molecular weight is 396 g/mol. The molecule has 3 aliphatic rings. The molecule has 3 aliphatic heterocycles. The Morgan fingerprint density at radius 2 is 1.89 bits per heavy atom. The number of rotatable bonds is 2. The molecule has 27 heavy (non-hydrogen) atoms. The molecule has 0 aliphatic carbocycles. The molecule has 0 radical (unpaired) electrons. The Morgan fingerprint density at radius 3 is 2.67 bits per heavy atom. The van der Waals surface area contributed by atoms with Crippen molar-refractivity contribution in [3.05, 3.63) is 18.2 Å². The molecule has 2 amide bonds. The molecular formula is C19H26ClN3O4. The fourth-order valence-electron chi connectivity index (χ4n) is 3.93. The molecule has 7 nitrogen and oxygen atoms in total. The zero-order valence-electron chi connectivity index (χ0n) is 15.6. The van der Waals surface area contributed by atoms with Crippen molar-refractivity contribution >= 4 is 29.9 Å². The second-order valence-corrected chi connectivity index (χ2v) is 7.17. The average Bonchev–Trinajstić information content (AvgIpc) is 3.04.